The highest BCUT2D eigenvalue weighted by molar-refractivity contribution is 8.00. The molecule has 1 aromatic rings. The van der Waals surface area contributed by atoms with Gasteiger partial charge < -0.3 is 14.7 Å². The number of hydrogen-bond acceptors (Lipinski definition) is 5. The lowest BCUT2D eigenvalue weighted by molar-refractivity contribution is -0.148. The molecule has 5 nitrogen and oxygen atoms in total. The number of likely N-dealkylation sites (tertiary alicyclic amines) is 1. The number of ether oxygens (including phenoxy) is 1. The first-order valence-electron chi connectivity index (χ1n) is 6.87. The molecule has 6 heteroatoms. The van der Waals surface area contributed by atoms with Crippen molar-refractivity contribution in [3.05, 3.63) is 24.3 Å². The minimum absolute atomic E-state index is 0.0798. The van der Waals surface area contributed by atoms with Gasteiger partial charge in [0.1, 0.15) is 5.75 Å². The third kappa shape index (κ3) is 4.39. The first kappa shape index (κ1) is 15.7. The zero-order valence-electron chi connectivity index (χ0n) is 11.9. The molecule has 1 N–H and O–H groups in total. The Balaban J connectivity index is 1.77. The second-order valence-electron chi connectivity index (χ2n) is 4.96. The predicted molar refractivity (Wildman–Crippen MR) is 80.2 cm³/mol. The molecule has 0 atom stereocenters. The first-order valence-corrected chi connectivity index (χ1v) is 7.86. The van der Waals surface area contributed by atoms with Crippen molar-refractivity contribution in [2.75, 3.05) is 26.0 Å². The van der Waals surface area contributed by atoms with E-state index in [9.17, 15) is 14.7 Å². The molecule has 0 bridgehead atoms. The Morgan fingerprint density at radius 2 is 1.90 bits per heavy atom. The van der Waals surface area contributed by atoms with Crippen LogP contribution in [0.3, 0.4) is 0 Å². The standard InChI is InChI=1S/C15H19NO4S/c1-20-15(19)11-6-8-16(9-7-11)14(18)10-21-13-4-2-12(17)3-5-13/h2-5,11,17H,6-10H2,1H3. The Hall–Kier alpha value is -1.69. The van der Waals surface area contributed by atoms with Crippen LogP contribution < -0.4 is 0 Å². The average Bonchev–Trinajstić information content (AvgIpc) is 2.53. The molecule has 0 aliphatic carbocycles. The number of benzene rings is 1. The van der Waals surface area contributed by atoms with Crippen LogP contribution in [0.15, 0.2) is 29.2 Å². The van der Waals surface area contributed by atoms with Crippen LogP contribution in [0.25, 0.3) is 0 Å². The van der Waals surface area contributed by atoms with E-state index in [2.05, 4.69) is 0 Å². The maximum atomic E-state index is 12.1. The second kappa shape index (κ2) is 7.36. The number of carbonyl (C=O) groups excluding carboxylic acids is 2. The number of carbonyl (C=O) groups is 2. The number of phenolic OH excluding ortho intramolecular Hbond substituents is 1. The topological polar surface area (TPSA) is 66.8 Å². The molecule has 1 aromatic carbocycles. The summed E-state index contributed by atoms with van der Waals surface area (Å²) in [4.78, 5) is 26.3. The number of thioether (sulfide) groups is 1. The Labute approximate surface area is 128 Å². The summed E-state index contributed by atoms with van der Waals surface area (Å²) in [5, 5.41) is 9.21. The summed E-state index contributed by atoms with van der Waals surface area (Å²) in [5.74, 6) is 0.407. The maximum Gasteiger partial charge on any atom is 0.308 e. The molecular weight excluding hydrogens is 290 g/mol. The zero-order chi connectivity index (χ0) is 15.2. The fraction of sp³-hybridized carbons (Fsp3) is 0.467. The highest BCUT2D eigenvalue weighted by atomic mass is 32.2. The van der Waals surface area contributed by atoms with Crippen LogP contribution in [-0.2, 0) is 14.3 Å². The number of methoxy groups -OCH3 is 1. The van der Waals surface area contributed by atoms with E-state index < -0.39 is 0 Å². The molecule has 21 heavy (non-hydrogen) atoms. The molecule has 1 aliphatic heterocycles. The third-order valence-electron chi connectivity index (χ3n) is 3.58. The van der Waals surface area contributed by atoms with E-state index in [0.717, 1.165) is 4.90 Å². The van der Waals surface area contributed by atoms with Crippen molar-refractivity contribution in [3.8, 4) is 5.75 Å². The number of rotatable bonds is 4. The van der Waals surface area contributed by atoms with Crippen molar-refractivity contribution in [3.63, 3.8) is 0 Å². The number of hydrogen-bond donors (Lipinski definition) is 1. The molecule has 0 spiro atoms. The summed E-state index contributed by atoms with van der Waals surface area (Å²) in [6.45, 7) is 1.21. The monoisotopic (exact) mass is 309 g/mol. The van der Waals surface area contributed by atoms with Crippen LogP contribution in [0, 0.1) is 5.92 Å². The van der Waals surface area contributed by atoms with Gasteiger partial charge in [0.15, 0.2) is 0 Å². The highest BCUT2D eigenvalue weighted by Crippen LogP contribution is 2.23. The predicted octanol–water partition coefficient (Wildman–Crippen LogP) is 1.90. The average molecular weight is 309 g/mol. The van der Waals surface area contributed by atoms with Crippen LogP contribution >= 0.6 is 11.8 Å². The smallest absolute Gasteiger partial charge is 0.308 e. The van der Waals surface area contributed by atoms with E-state index in [-0.39, 0.29) is 23.5 Å². The lowest BCUT2D eigenvalue weighted by Crippen LogP contribution is -2.41. The first-order chi connectivity index (χ1) is 10.1. The van der Waals surface area contributed by atoms with Crippen molar-refractivity contribution in [2.24, 2.45) is 5.92 Å². The summed E-state index contributed by atoms with van der Waals surface area (Å²) in [6.07, 6.45) is 1.34. The summed E-state index contributed by atoms with van der Waals surface area (Å²) in [7, 11) is 1.40. The minimum Gasteiger partial charge on any atom is -0.508 e. The summed E-state index contributed by atoms with van der Waals surface area (Å²) in [6, 6.07) is 6.79. The van der Waals surface area contributed by atoms with Crippen LogP contribution in [0.5, 0.6) is 5.75 Å². The lowest BCUT2D eigenvalue weighted by Gasteiger charge is -2.30. The van der Waals surface area contributed by atoms with E-state index in [1.807, 2.05) is 0 Å². The number of aromatic hydroxyl groups is 1. The number of nitrogens with zero attached hydrogens (tertiary/aromatic N) is 1. The van der Waals surface area contributed by atoms with Gasteiger partial charge in [-0.25, -0.2) is 0 Å². The van der Waals surface area contributed by atoms with Gasteiger partial charge >= 0.3 is 5.97 Å². The normalized spacial score (nSPS) is 15.8. The molecular formula is C15H19NO4S. The Kier molecular flexibility index (Phi) is 5.50. The Bertz CT molecular complexity index is 495. The van der Waals surface area contributed by atoms with Crippen LogP contribution in [0.4, 0.5) is 0 Å². The fourth-order valence-corrected chi connectivity index (χ4v) is 3.11. The molecule has 1 aliphatic rings. The van der Waals surface area contributed by atoms with Gasteiger partial charge in [-0.1, -0.05) is 0 Å². The number of esters is 1. The van der Waals surface area contributed by atoms with Crippen molar-refractivity contribution in [2.45, 2.75) is 17.7 Å². The highest BCUT2D eigenvalue weighted by Gasteiger charge is 2.27. The van der Waals surface area contributed by atoms with Gasteiger partial charge in [0.05, 0.1) is 18.8 Å². The van der Waals surface area contributed by atoms with E-state index in [4.69, 9.17) is 4.74 Å². The number of phenols is 1. The largest absolute Gasteiger partial charge is 0.508 e. The molecule has 1 fully saturated rings. The third-order valence-corrected chi connectivity index (χ3v) is 4.58. The molecule has 0 radical (unpaired) electrons. The van der Waals surface area contributed by atoms with Crippen LogP contribution in [0.2, 0.25) is 0 Å². The quantitative estimate of drug-likeness (QED) is 0.679. The zero-order valence-corrected chi connectivity index (χ0v) is 12.8. The van der Waals surface area contributed by atoms with Crippen LogP contribution in [-0.4, -0.2) is 47.8 Å². The minimum atomic E-state index is -0.180. The van der Waals surface area contributed by atoms with Crippen molar-refractivity contribution >= 4 is 23.6 Å². The number of piperidine rings is 1. The number of amides is 1. The SMILES string of the molecule is COC(=O)C1CCN(C(=O)CSc2ccc(O)cc2)CC1. The summed E-state index contributed by atoms with van der Waals surface area (Å²) < 4.78 is 4.73. The maximum absolute atomic E-state index is 12.1. The second-order valence-corrected chi connectivity index (χ2v) is 6.01. The summed E-state index contributed by atoms with van der Waals surface area (Å²) in [5.41, 5.74) is 0. The fourth-order valence-electron chi connectivity index (χ4n) is 2.31. The van der Waals surface area contributed by atoms with E-state index in [0.29, 0.717) is 31.7 Å². The van der Waals surface area contributed by atoms with Crippen molar-refractivity contribution in [1.29, 1.82) is 0 Å². The summed E-state index contributed by atoms with van der Waals surface area (Å²) >= 11 is 1.45. The van der Waals surface area contributed by atoms with Gasteiger partial charge in [0.2, 0.25) is 5.91 Å². The van der Waals surface area contributed by atoms with Crippen molar-refractivity contribution in [1.82, 2.24) is 4.90 Å². The molecule has 0 unspecified atom stereocenters. The van der Waals surface area contributed by atoms with Crippen LogP contribution in [0.1, 0.15) is 12.8 Å². The van der Waals surface area contributed by atoms with E-state index >= 15 is 0 Å². The van der Waals surface area contributed by atoms with Gasteiger partial charge in [-0.15, -0.1) is 11.8 Å². The van der Waals surface area contributed by atoms with E-state index in [1.165, 1.54) is 18.9 Å². The Morgan fingerprint density at radius 3 is 2.48 bits per heavy atom. The lowest BCUT2D eigenvalue weighted by atomic mass is 9.97. The molecule has 1 heterocycles. The van der Waals surface area contributed by atoms with Gasteiger partial charge in [-0.2, -0.15) is 0 Å². The van der Waals surface area contributed by atoms with Gasteiger partial charge in [0.25, 0.3) is 0 Å². The van der Waals surface area contributed by atoms with E-state index in [1.54, 1.807) is 29.2 Å². The van der Waals surface area contributed by atoms with Gasteiger partial charge in [-0.3, -0.25) is 9.59 Å². The molecule has 114 valence electrons. The van der Waals surface area contributed by atoms with Gasteiger partial charge in [0, 0.05) is 18.0 Å². The van der Waals surface area contributed by atoms with Gasteiger partial charge in [-0.05, 0) is 37.1 Å². The molecule has 0 saturated carbocycles. The Morgan fingerprint density at radius 1 is 1.29 bits per heavy atom. The van der Waals surface area contributed by atoms with Crippen molar-refractivity contribution < 1.29 is 19.4 Å². The molecule has 2 rings (SSSR count). The molecule has 0 aromatic heterocycles. The molecule has 1 saturated heterocycles. The molecule has 1 amide bonds.